The van der Waals surface area contributed by atoms with Crippen LogP contribution in [-0.4, -0.2) is 24.7 Å². The summed E-state index contributed by atoms with van der Waals surface area (Å²) >= 11 is 7.03. The number of benzene rings is 2. The van der Waals surface area contributed by atoms with Gasteiger partial charge in [0.05, 0.1) is 11.1 Å². The molecule has 0 radical (unpaired) electrons. The molecule has 3 nitrogen and oxygen atoms in total. The lowest BCUT2D eigenvalue weighted by molar-refractivity contribution is 0.309. The highest BCUT2D eigenvalue weighted by atomic mass is 79.9. The Hall–Kier alpha value is -1.30. The third-order valence-corrected chi connectivity index (χ3v) is 6.06. The topological polar surface area (TPSA) is 37.0 Å². The first-order valence-corrected chi connectivity index (χ1v) is 10.7. The minimum Gasteiger partial charge on any atom is -0.492 e. The minimum absolute atomic E-state index is 0.713. The van der Waals surface area contributed by atoms with Crippen LogP contribution in [0.3, 0.4) is 0 Å². The number of hydrogen-bond acceptors (Lipinski definition) is 2. The van der Waals surface area contributed by atoms with E-state index in [1.54, 1.807) is 0 Å². The molecule has 0 saturated heterocycles. The molecule has 26 heavy (non-hydrogen) atoms. The summed E-state index contributed by atoms with van der Waals surface area (Å²) in [4.78, 5) is 3.64. The highest BCUT2D eigenvalue weighted by molar-refractivity contribution is 9.11. The van der Waals surface area contributed by atoms with Gasteiger partial charge < -0.3 is 15.0 Å². The maximum atomic E-state index is 5.95. The van der Waals surface area contributed by atoms with Crippen LogP contribution in [-0.2, 0) is 19.3 Å². The summed E-state index contributed by atoms with van der Waals surface area (Å²) < 4.78 is 7.99. The lowest BCUT2D eigenvalue weighted by Crippen LogP contribution is -2.16. The fourth-order valence-corrected chi connectivity index (χ4v) is 4.90. The Morgan fingerprint density at radius 1 is 1.04 bits per heavy atom. The van der Waals surface area contributed by atoms with E-state index in [0.717, 1.165) is 53.5 Å². The number of halogens is 2. The summed E-state index contributed by atoms with van der Waals surface area (Å²) in [7, 11) is 0. The standard InChI is InChI=1S/C21H22Br2N2O/c22-15-6-7-20(17(23)13-15)26-12-2-4-14-3-1-5-19-21(14)16-8-10-24-11-9-18(16)25-19/h1,3,5-7,13,24-25H,2,4,8-12H2. The van der Waals surface area contributed by atoms with Gasteiger partial charge in [0.1, 0.15) is 5.75 Å². The smallest absolute Gasteiger partial charge is 0.133 e. The zero-order valence-corrected chi connectivity index (χ0v) is 17.8. The Kier molecular flexibility index (Phi) is 5.67. The van der Waals surface area contributed by atoms with Gasteiger partial charge in [0.2, 0.25) is 0 Å². The largest absolute Gasteiger partial charge is 0.492 e. The van der Waals surface area contributed by atoms with Gasteiger partial charge in [-0.25, -0.2) is 0 Å². The number of aromatic nitrogens is 1. The monoisotopic (exact) mass is 476 g/mol. The van der Waals surface area contributed by atoms with Crippen molar-refractivity contribution in [3.63, 3.8) is 0 Å². The van der Waals surface area contributed by atoms with Crippen molar-refractivity contribution in [2.75, 3.05) is 19.7 Å². The lowest BCUT2D eigenvalue weighted by atomic mass is 9.99. The highest BCUT2D eigenvalue weighted by Crippen LogP contribution is 2.30. The van der Waals surface area contributed by atoms with Crippen molar-refractivity contribution in [1.82, 2.24) is 10.3 Å². The first kappa shape index (κ1) is 18.1. The Bertz CT molecular complexity index is 920. The number of H-pyrrole nitrogens is 1. The molecule has 2 N–H and O–H groups in total. The van der Waals surface area contributed by atoms with Gasteiger partial charge in [-0.2, -0.15) is 0 Å². The molecule has 5 heteroatoms. The summed E-state index contributed by atoms with van der Waals surface area (Å²) in [6, 6.07) is 12.6. The van der Waals surface area contributed by atoms with E-state index in [9.17, 15) is 0 Å². The Morgan fingerprint density at radius 2 is 1.92 bits per heavy atom. The molecular formula is C21H22Br2N2O. The van der Waals surface area contributed by atoms with Crippen LogP contribution in [0.1, 0.15) is 23.2 Å². The second kappa shape index (κ2) is 8.15. The number of nitrogens with one attached hydrogen (secondary N) is 2. The Morgan fingerprint density at radius 3 is 2.81 bits per heavy atom. The molecule has 1 aliphatic rings. The van der Waals surface area contributed by atoms with Gasteiger partial charge in [-0.1, -0.05) is 28.1 Å². The molecule has 2 aromatic carbocycles. The molecule has 4 rings (SSSR count). The van der Waals surface area contributed by atoms with E-state index < -0.39 is 0 Å². The molecule has 0 bridgehead atoms. The van der Waals surface area contributed by atoms with E-state index >= 15 is 0 Å². The van der Waals surface area contributed by atoms with Crippen molar-refractivity contribution >= 4 is 42.8 Å². The molecular weight excluding hydrogens is 456 g/mol. The second-order valence-electron chi connectivity index (χ2n) is 6.70. The second-order valence-corrected chi connectivity index (χ2v) is 8.47. The molecule has 136 valence electrons. The summed E-state index contributed by atoms with van der Waals surface area (Å²) in [6.45, 7) is 2.84. The number of aryl methyl sites for hydroxylation is 1. The predicted molar refractivity (Wildman–Crippen MR) is 114 cm³/mol. The van der Waals surface area contributed by atoms with Gasteiger partial charge in [-0.05, 0) is 77.1 Å². The quantitative estimate of drug-likeness (QED) is 0.483. The summed E-state index contributed by atoms with van der Waals surface area (Å²) in [5.41, 5.74) is 5.64. The number of rotatable bonds is 5. The normalized spacial score (nSPS) is 14.2. The van der Waals surface area contributed by atoms with Gasteiger partial charge >= 0.3 is 0 Å². The van der Waals surface area contributed by atoms with E-state index in [2.05, 4.69) is 60.4 Å². The number of ether oxygens (including phenoxy) is 1. The molecule has 2 heterocycles. The first-order valence-electron chi connectivity index (χ1n) is 9.12. The zero-order chi connectivity index (χ0) is 17.9. The van der Waals surface area contributed by atoms with Crippen LogP contribution in [0.4, 0.5) is 0 Å². The van der Waals surface area contributed by atoms with E-state index in [-0.39, 0.29) is 0 Å². The van der Waals surface area contributed by atoms with Crippen molar-refractivity contribution in [1.29, 1.82) is 0 Å². The van der Waals surface area contributed by atoms with Gasteiger partial charge in [-0.3, -0.25) is 0 Å². The minimum atomic E-state index is 0.713. The third kappa shape index (κ3) is 3.85. The van der Waals surface area contributed by atoms with Crippen LogP contribution >= 0.6 is 31.9 Å². The molecule has 0 unspecified atom stereocenters. The zero-order valence-electron chi connectivity index (χ0n) is 14.6. The van der Waals surface area contributed by atoms with Gasteiger partial charge in [-0.15, -0.1) is 0 Å². The van der Waals surface area contributed by atoms with Crippen molar-refractivity contribution in [2.45, 2.75) is 25.7 Å². The average Bonchev–Trinajstić information content (AvgIpc) is 2.82. The lowest BCUT2D eigenvalue weighted by Gasteiger charge is -2.10. The van der Waals surface area contributed by atoms with Crippen LogP contribution in [0.25, 0.3) is 10.9 Å². The third-order valence-electron chi connectivity index (χ3n) is 4.95. The fourth-order valence-electron chi connectivity index (χ4n) is 3.74. The maximum Gasteiger partial charge on any atom is 0.133 e. The van der Waals surface area contributed by atoms with Gasteiger partial charge in [0.25, 0.3) is 0 Å². The van der Waals surface area contributed by atoms with E-state index in [1.807, 2.05) is 18.2 Å². The van der Waals surface area contributed by atoms with E-state index in [0.29, 0.717) is 6.61 Å². The summed E-state index contributed by atoms with van der Waals surface area (Å²) in [5, 5.41) is 4.94. The van der Waals surface area contributed by atoms with E-state index in [4.69, 9.17) is 4.74 Å². The Labute approximate surface area is 170 Å². The summed E-state index contributed by atoms with van der Waals surface area (Å²) in [5.74, 6) is 0.896. The van der Waals surface area contributed by atoms with Gasteiger partial charge in [0.15, 0.2) is 0 Å². The maximum absolute atomic E-state index is 5.95. The molecule has 0 aliphatic carbocycles. The van der Waals surface area contributed by atoms with Crippen molar-refractivity contribution < 1.29 is 4.74 Å². The van der Waals surface area contributed by atoms with E-state index in [1.165, 1.54) is 27.7 Å². The summed E-state index contributed by atoms with van der Waals surface area (Å²) in [6.07, 6.45) is 4.22. The first-order chi connectivity index (χ1) is 12.7. The molecule has 3 aromatic rings. The van der Waals surface area contributed by atoms with Crippen molar-refractivity contribution in [3.05, 3.63) is 62.2 Å². The number of fused-ring (bicyclic) bond motifs is 3. The van der Waals surface area contributed by atoms with Gasteiger partial charge in [0, 0.05) is 34.0 Å². The van der Waals surface area contributed by atoms with Crippen LogP contribution in [0, 0.1) is 0 Å². The molecule has 0 amide bonds. The number of aromatic amines is 1. The average molecular weight is 478 g/mol. The molecule has 0 spiro atoms. The Balaban J connectivity index is 1.46. The van der Waals surface area contributed by atoms with Crippen LogP contribution in [0.2, 0.25) is 0 Å². The highest BCUT2D eigenvalue weighted by Gasteiger charge is 2.16. The molecule has 1 aromatic heterocycles. The van der Waals surface area contributed by atoms with Crippen LogP contribution in [0.15, 0.2) is 45.3 Å². The fraction of sp³-hybridized carbons (Fsp3) is 0.333. The number of hydrogen-bond donors (Lipinski definition) is 2. The molecule has 0 fully saturated rings. The van der Waals surface area contributed by atoms with Crippen molar-refractivity contribution in [2.24, 2.45) is 0 Å². The molecule has 0 saturated carbocycles. The van der Waals surface area contributed by atoms with Crippen molar-refractivity contribution in [3.8, 4) is 5.75 Å². The molecule has 0 atom stereocenters. The van der Waals surface area contributed by atoms with Crippen LogP contribution < -0.4 is 10.1 Å². The molecule has 1 aliphatic heterocycles. The predicted octanol–water partition coefficient (Wildman–Crippen LogP) is 5.39. The van der Waals surface area contributed by atoms with Crippen LogP contribution in [0.5, 0.6) is 5.75 Å². The SMILES string of the molecule is Brc1ccc(OCCCc2cccc3[nH]c4c(c23)CCNCC4)c(Br)c1.